The molecule has 1 atom stereocenters. The van der Waals surface area contributed by atoms with Gasteiger partial charge < -0.3 is 14.4 Å². The predicted molar refractivity (Wildman–Crippen MR) is 101 cm³/mol. The number of imidazole rings is 1. The van der Waals surface area contributed by atoms with Crippen LogP contribution in [0.3, 0.4) is 0 Å². The van der Waals surface area contributed by atoms with Crippen LogP contribution >= 0.6 is 0 Å². The molecule has 0 radical (unpaired) electrons. The predicted octanol–water partition coefficient (Wildman–Crippen LogP) is 2.24. The molecule has 0 bridgehead atoms. The minimum atomic E-state index is 0.297. The molecule has 1 N–H and O–H groups in total. The van der Waals surface area contributed by atoms with E-state index in [4.69, 9.17) is 14.6 Å². The molecular formula is C19H24N6O2. The highest BCUT2D eigenvalue weighted by Gasteiger charge is 2.26. The summed E-state index contributed by atoms with van der Waals surface area (Å²) in [5.41, 5.74) is 3.24. The van der Waals surface area contributed by atoms with Gasteiger partial charge in [0.15, 0.2) is 5.82 Å². The van der Waals surface area contributed by atoms with Gasteiger partial charge in [-0.25, -0.2) is 9.50 Å². The summed E-state index contributed by atoms with van der Waals surface area (Å²) in [6.45, 7) is 6.11. The maximum atomic E-state index is 5.62. The Morgan fingerprint density at radius 3 is 2.85 bits per heavy atom. The van der Waals surface area contributed by atoms with Crippen molar-refractivity contribution in [1.29, 1.82) is 0 Å². The van der Waals surface area contributed by atoms with E-state index in [-0.39, 0.29) is 0 Å². The number of H-pyrrole nitrogens is 1. The summed E-state index contributed by atoms with van der Waals surface area (Å²) in [7, 11) is 0. The van der Waals surface area contributed by atoms with Crippen LogP contribution in [0.2, 0.25) is 0 Å². The van der Waals surface area contributed by atoms with Crippen molar-refractivity contribution >= 4 is 11.3 Å². The second-order valence-corrected chi connectivity index (χ2v) is 7.31. The molecule has 0 aliphatic carbocycles. The smallest absolute Gasteiger partial charge is 0.179 e. The summed E-state index contributed by atoms with van der Waals surface area (Å²) in [6.07, 6.45) is 5.73. The second kappa shape index (κ2) is 6.94. The first-order valence-corrected chi connectivity index (χ1v) is 9.62. The van der Waals surface area contributed by atoms with Crippen LogP contribution in [0, 0.1) is 0 Å². The molecule has 2 fully saturated rings. The summed E-state index contributed by atoms with van der Waals surface area (Å²) < 4.78 is 13.2. The molecule has 5 heterocycles. The number of rotatable bonds is 3. The third-order valence-electron chi connectivity index (χ3n) is 5.59. The average molecular weight is 368 g/mol. The third-order valence-corrected chi connectivity index (χ3v) is 5.59. The highest BCUT2D eigenvalue weighted by atomic mass is 16.5. The molecule has 0 saturated carbocycles. The standard InChI is InChI=1S/C19H24N6O2/c1-13-12-27-9-6-24(13)18-10-15(14-3-7-26-8-4-14)17-11-20-19(25(17)23-18)16-2-5-21-22-16/h2,5,10-11,13-14H,3-4,6-9,12H2,1H3,(H,21,22)/t13-/m1/s1. The van der Waals surface area contributed by atoms with Crippen LogP contribution in [-0.4, -0.2) is 63.8 Å². The Morgan fingerprint density at radius 1 is 1.19 bits per heavy atom. The molecular weight excluding hydrogens is 344 g/mol. The monoisotopic (exact) mass is 368 g/mol. The number of morpholine rings is 1. The topological polar surface area (TPSA) is 80.6 Å². The Hall–Kier alpha value is -2.45. The molecule has 3 aromatic heterocycles. The van der Waals surface area contributed by atoms with Gasteiger partial charge in [-0.2, -0.15) is 5.10 Å². The van der Waals surface area contributed by atoms with Gasteiger partial charge in [0, 0.05) is 26.0 Å². The molecule has 0 amide bonds. The lowest BCUT2D eigenvalue weighted by Crippen LogP contribution is -2.44. The Balaban J connectivity index is 1.67. The maximum absolute atomic E-state index is 5.62. The van der Waals surface area contributed by atoms with Crippen LogP contribution in [-0.2, 0) is 9.47 Å². The van der Waals surface area contributed by atoms with Crippen molar-refractivity contribution in [1.82, 2.24) is 24.8 Å². The number of fused-ring (bicyclic) bond motifs is 1. The summed E-state index contributed by atoms with van der Waals surface area (Å²) in [4.78, 5) is 6.99. The number of aromatic amines is 1. The van der Waals surface area contributed by atoms with Crippen molar-refractivity contribution < 1.29 is 9.47 Å². The zero-order chi connectivity index (χ0) is 18.2. The zero-order valence-corrected chi connectivity index (χ0v) is 15.5. The highest BCUT2D eigenvalue weighted by Crippen LogP contribution is 2.34. The van der Waals surface area contributed by atoms with Gasteiger partial charge in [-0.05, 0) is 43.4 Å². The molecule has 2 saturated heterocycles. The first-order valence-electron chi connectivity index (χ1n) is 9.62. The fourth-order valence-corrected chi connectivity index (χ4v) is 4.10. The van der Waals surface area contributed by atoms with Crippen molar-refractivity contribution in [2.75, 3.05) is 37.9 Å². The molecule has 8 nitrogen and oxygen atoms in total. The number of aromatic nitrogens is 5. The summed E-state index contributed by atoms with van der Waals surface area (Å²) in [5, 5.41) is 12.0. The van der Waals surface area contributed by atoms with Gasteiger partial charge in [0.25, 0.3) is 0 Å². The molecule has 27 heavy (non-hydrogen) atoms. The van der Waals surface area contributed by atoms with Gasteiger partial charge >= 0.3 is 0 Å². The van der Waals surface area contributed by atoms with E-state index in [0.717, 1.165) is 68.7 Å². The van der Waals surface area contributed by atoms with Crippen LogP contribution in [0.4, 0.5) is 5.82 Å². The lowest BCUT2D eigenvalue weighted by Gasteiger charge is -2.35. The summed E-state index contributed by atoms with van der Waals surface area (Å²) in [5.74, 6) is 2.24. The van der Waals surface area contributed by atoms with Crippen molar-refractivity contribution in [3.05, 3.63) is 30.1 Å². The van der Waals surface area contributed by atoms with E-state index in [2.05, 4.69) is 33.1 Å². The maximum Gasteiger partial charge on any atom is 0.179 e. The molecule has 8 heteroatoms. The fraction of sp³-hybridized carbons (Fsp3) is 0.526. The van der Waals surface area contributed by atoms with E-state index in [1.165, 1.54) is 5.56 Å². The van der Waals surface area contributed by atoms with Gasteiger partial charge in [0.2, 0.25) is 0 Å². The van der Waals surface area contributed by atoms with Crippen molar-refractivity contribution in [3.8, 4) is 11.5 Å². The number of nitrogens with one attached hydrogen (secondary N) is 1. The molecule has 0 spiro atoms. The fourth-order valence-electron chi connectivity index (χ4n) is 4.10. The van der Waals surface area contributed by atoms with Crippen LogP contribution in [0.15, 0.2) is 24.5 Å². The lowest BCUT2D eigenvalue weighted by atomic mass is 9.91. The molecule has 5 rings (SSSR count). The number of hydrogen-bond donors (Lipinski definition) is 1. The molecule has 3 aromatic rings. The van der Waals surface area contributed by atoms with E-state index in [9.17, 15) is 0 Å². The number of nitrogens with zero attached hydrogens (tertiary/aromatic N) is 5. The van der Waals surface area contributed by atoms with Crippen molar-refractivity contribution in [2.45, 2.75) is 31.7 Å². The van der Waals surface area contributed by atoms with E-state index in [0.29, 0.717) is 12.0 Å². The number of hydrogen-bond acceptors (Lipinski definition) is 6. The zero-order valence-electron chi connectivity index (χ0n) is 15.5. The average Bonchev–Trinajstić information content (AvgIpc) is 3.38. The first-order chi connectivity index (χ1) is 13.3. The Bertz CT molecular complexity index is 916. The van der Waals surface area contributed by atoms with Gasteiger partial charge in [0.05, 0.1) is 31.0 Å². The molecule has 2 aliphatic rings. The van der Waals surface area contributed by atoms with Crippen LogP contribution in [0.1, 0.15) is 31.2 Å². The SMILES string of the molecule is C[C@@H]1COCCN1c1cc(C2CCOCC2)c2cnc(-c3ccn[nH]3)n2n1. The number of anilines is 1. The van der Waals surface area contributed by atoms with Gasteiger partial charge in [-0.15, -0.1) is 5.10 Å². The van der Waals surface area contributed by atoms with Crippen molar-refractivity contribution in [2.24, 2.45) is 0 Å². The van der Waals surface area contributed by atoms with Crippen LogP contribution in [0.5, 0.6) is 0 Å². The Kier molecular flexibility index (Phi) is 4.29. The number of ether oxygens (including phenoxy) is 2. The minimum absolute atomic E-state index is 0.297. The normalized spacial score (nSPS) is 21.8. The second-order valence-electron chi connectivity index (χ2n) is 7.31. The van der Waals surface area contributed by atoms with E-state index >= 15 is 0 Å². The van der Waals surface area contributed by atoms with E-state index in [1.54, 1.807) is 6.20 Å². The highest BCUT2D eigenvalue weighted by molar-refractivity contribution is 5.65. The van der Waals surface area contributed by atoms with Crippen molar-refractivity contribution in [3.63, 3.8) is 0 Å². The lowest BCUT2D eigenvalue weighted by molar-refractivity contribution is 0.0854. The first kappa shape index (κ1) is 16.7. The van der Waals surface area contributed by atoms with Gasteiger partial charge in [-0.1, -0.05) is 0 Å². The van der Waals surface area contributed by atoms with Crippen LogP contribution in [0.25, 0.3) is 17.0 Å². The summed E-state index contributed by atoms with van der Waals surface area (Å²) in [6, 6.07) is 4.48. The van der Waals surface area contributed by atoms with E-state index in [1.807, 2.05) is 16.8 Å². The Morgan fingerprint density at radius 2 is 2.07 bits per heavy atom. The van der Waals surface area contributed by atoms with Crippen LogP contribution < -0.4 is 4.90 Å². The molecule has 0 unspecified atom stereocenters. The van der Waals surface area contributed by atoms with Gasteiger partial charge in [0.1, 0.15) is 11.5 Å². The summed E-state index contributed by atoms with van der Waals surface area (Å²) >= 11 is 0. The molecule has 2 aliphatic heterocycles. The quantitative estimate of drug-likeness (QED) is 0.764. The largest absolute Gasteiger partial charge is 0.381 e. The third kappa shape index (κ3) is 2.98. The minimum Gasteiger partial charge on any atom is -0.381 e. The Labute approximate surface area is 157 Å². The van der Waals surface area contributed by atoms with Gasteiger partial charge in [-0.3, -0.25) is 5.10 Å². The molecule has 0 aromatic carbocycles. The molecule has 142 valence electrons. The van der Waals surface area contributed by atoms with E-state index < -0.39 is 0 Å².